The number of hydrogen-bond donors (Lipinski definition) is 1. The molecule has 19 heavy (non-hydrogen) atoms. The van der Waals surface area contributed by atoms with Crippen LogP contribution in [0.5, 0.6) is 5.75 Å². The van der Waals surface area contributed by atoms with Crippen LogP contribution in [0.2, 0.25) is 0 Å². The standard InChI is InChI=1S/C16H25NO2/c1-13-7-3-6-10-16(13)19-12-11-17(2)14-8-4-5-9-15(14)18/h3,6-7,10,14-15,18H,4-5,8-9,11-12H2,1-2H3. The molecule has 0 spiro atoms. The number of hydrogen-bond acceptors (Lipinski definition) is 3. The van der Waals surface area contributed by atoms with Gasteiger partial charge in [-0.1, -0.05) is 31.0 Å². The van der Waals surface area contributed by atoms with Crippen LogP contribution in [0.1, 0.15) is 31.2 Å². The Bertz CT molecular complexity index is 394. The Morgan fingerprint density at radius 2 is 2.00 bits per heavy atom. The molecule has 0 amide bonds. The molecule has 0 aromatic heterocycles. The van der Waals surface area contributed by atoms with Crippen molar-refractivity contribution in [1.29, 1.82) is 0 Å². The highest BCUT2D eigenvalue weighted by molar-refractivity contribution is 5.31. The van der Waals surface area contributed by atoms with E-state index in [-0.39, 0.29) is 6.10 Å². The lowest BCUT2D eigenvalue weighted by atomic mass is 9.92. The highest BCUT2D eigenvalue weighted by atomic mass is 16.5. The zero-order chi connectivity index (χ0) is 13.7. The summed E-state index contributed by atoms with van der Waals surface area (Å²) in [6.45, 7) is 3.59. The summed E-state index contributed by atoms with van der Waals surface area (Å²) in [6.07, 6.45) is 4.25. The molecule has 2 rings (SSSR count). The molecule has 1 N–H and O–H groups in total. The van der Waals surface area contributed by atoms with Crippen molar-refractivity contribution < 1.29 is 9.84 Å². The molecule has 3 heteroatoms. The number of likely N-dealkylation sites (N-methyl/N-ethyl adjacent to an activating group) is 1. The molecule has 2 atom stereocenters. The fourth-order valence-electron chi connectivity index (χ4n) is 2.79. The second-order valence-electron chi connectivity index (χ2n) is 5.51. The molecule has 1 aromatic rings. The van der Waals surface area contributed by atoms with Crippen molar-refractivity contribution in [2.75, 3.05) is 20.2 Å². The first-order valence-corrected chi connectivity index (χ1v) is 7.25. The van der Waals surface area contributed by atoms with Crippen molar-refractivity contribution in [3.05, 3.63) is 29.8 Å². The van der Waals surface area contributed by atoms with E-state index in [1.807, 2.05) is 18.2 Å². The summed E-state index contributed by atoms with van der Waals surface area (Å²) in [6, 6.07) is 8.38. The van der Waals surface area contributed by atoms with Crippen LogP contribution >= 0.6 is 0 Å². The second kappa shape index (κ2) is 6.92. The maximum Gasteiger partial charge on any atom is 0.122 e. The first kappa shape index (κ1) is 14.4. The summed E-state index contributed by atoms with van der Waals surface area (Å²) in [5.41, 5.74) is 1.17. The lowest BCUT2D eigenvalue weighted by molar-refractivity contribution is 0.0272. The van der Waals surface area contributed by atoms with Gasteiger partial charge in [0.05, 0.1) is 6.10 Å². The smallest absolute Gasteiger partial charge is 0.122 e. The molecule has 0 aliphatic heterocycles. The number of benzene rings is 1. The fraction of sp³-hybridized carbons (Fsp3) is 0.625. The molecule has 2 unspecified atom stereocenters. The van der Waals surface area contributed by atoms with Crippen molar-refractivity contribution >= 4 is 0 Å². The van der Waals surface area contributed by atoms with E-state index in [0.717, 1.165) is 31.6 Å². The van der Waals surface area contributed by atoms with Gasteiger partial charge in [-0.2, -0.15) is 0 Å². The van der Waals surface area contributed by atoms with Gasteiger partial charge in [-0.25, -0.2) is 0 Å². The van der Waals surface area contributed by atoms with E-state index in [9.17, 15) is 5.11 Å². The number of aryl methyl sites for hydroxylation is 1. The van der Waals surface area contributed by atoms with Gasteiger partial charge < -0.3 is 9.84 Å². The number of aliphatic hydroxyl groups excluding tert-OH is 1. The predicted octanol–water partition coefficient (Wildman–Crippen LogP) is 2.61. The van der Waals surface area contributed by atoms with Gasteiger partial charge in [0.1, 0.15) is 12.4 Å². The van der Waals surface area contributed by atoms with Crippen LogP contribution in [-0.2, 0) is 0 Å². The van der Waals surface area contributed by atoms with Crippen LogP contribution in [0.25, 0.3) is 0 Å². The summed E-state index contributed by atoms with van der Waals surface area (Å²) >= 11 is 0. The summed E-state index contributed by atoms with van der Waals surface area (Å²) < 4.78 is 5.81. The van der Waals surface area contributed by atoms with Crippen molar-refractivity contribution in [1.82, 2.24) is 4.90 Å². The van der Waals surface area contributed by atoms with Gasteiger partial charge in [0.2, 0.25) is 0 Å². The molecule has 1 fully saturated rings. The Morgan fingerprint density at radius 1 is 1.26 bits per heavy atom. The van der Waals surface area contributed by atoms with E-state index < -0.39 is 0 Å². The van der Waals surface area contributed by atoms with Crippen LogP contribution in [0, 0.1) is 6.92 Å². The Morgan fingerprint density at radius 3 is 2.74 bits per heavy atom. The van der Waals surface area contributed by atoms with Gasteiger partial charge in [-0.05, 0) is 38.4 Å². The third-order valence-corrected chi connectivity index (χ3v) is 4.06. The summed E-state index contributed by atoms with van der Waals surface area (Å²) in [5.74, 6) is 0.958. The molecule has 3 nitrogen and oxygen atoms in total. The van der Waals surface area contributed by atoms with Gasteiger partial charge in [0, 0.05) is 12.6 Å². The lowest BCUT2D eigenvalue weighted by Gasteiger charge is -2.35. The second-order valence-corrected chi connectivity index (χ2v) is 5.51. The van der Waals surface area contributed by atoms with Crippen molar-refractivity contribution in [2.24, 2.45) is 0 Å². The van der Waals surface area contributed by atoms with E-state index in [0.29, 0.717) is 12.6 Å². The van der Waals surface area contributed by atoms with Gasteiger partial charge in [-0.15, -0.1) is 0 Å². The Labute approximate surface area is 116 Å². The van der Waals surface area contributed by atoms with Crippen LogP contribution in [0.4, 0.5) is 0 Å². The summed E-state index contributed by atoms with van der Waals surface area (Å²) in [7, 11) is 2.08. The zero-order valence-electron chi connectivity index (χ0n) is 12.0. The Hall–Kier alpha value is -1.06. The minimum Gasteiger partial charge on any atom is -0.492 e. The number of aliphatic hydroxyl groups is 1. The van der Waals surface area contributed by atoms with Crippen LogP contribution in [-0.4, -0.2) is 42.4 Å². The topological polar surface area (TPSA) is 32.7 Å². The zero-order valence-corrected chi connectivity index (χ0v) is 12.0. The molecule has 1 aliphatic rings. The first-order chi connectivity index (χ1) is 9.18. The first-order valence-electron chi connectivity index (χ1n) is 7.25. The average molecular weight is 263 g/mol. The molecule has 0 saturated heterocycles. The molecular weight excluding hydrogens is 238 g/mol. The Balaban J connectivity index is 1.77. The third-order valence-electron chi connectivity index (χ3n) is 4.06. The van der Waals surface area contributed by atoms with Crippen LogP contribution < -0.4 is 4.74 Å². The quantitative estimate of drug-likeness (QED) is 0.886. The van der Waals surface area contributed by atoms with E-state index >= 15 is 0 Å². The van der Waals surface area contributed by atoms with Crippen molar-refractivity contribution in [2.45, 2.75) is 44.8 Å². The third kappa shape index (κ3) is 3.95. The lowest BCUT2D eigenvalue weighted by Crippen LogP contribution is -2.44. The van der Waals surface area contributed by atoms with Gasteiger partial charge >= 0.3 is 0 Å². The molecule has 0 radical (unpaired) electrons. The maximum atomic E-state index is 10.0. The minimum absolute atomic E-state index is 0.169. The van der Waals surface area contributed by atoms with Crippen molar-refractivity contribution in [3.8, 4) is 5.75 Å². The van der Waals surface area contributed by atoms with Gasteiger partial charge in [-0.3, -0.25) is 4.90 Å². The largest absolute Gasteiger partial charge is 0.492 e. The molecule has 0 heterocycles. The number of nitrogens with zero attached hydrogens (tertiary/aromatic N) is 1. The minimum atomic E-state index is -0.169. The predicted molar refractivity (Wildman–Crippen MR) is 77.6 cm³/mol. The summed E-state index contributed by atoms with van der Waals surface area (Å²) in [4.78, 5) is 2.24. The molecular formula is C16H25NO2. The summed E-state index contributed by atoms with van der Waals surface area (Å²) in [5, 5.41) is 10.0. The Kier molecular flexibility index (Phi) is 5.23. The van der Waals surface area contributed by atoms with E-state index in [4.69, 9.17) is 4.74 Å². The number of ether oxygens (including phenoxy) is 1. The normalized spacial score (nSPS) is 23.6. The molecule has 0 bridgehead atoms. The highest BCUT2D eigenvalue weighted by Gasteiger charge is 2.26. The molecule has 106 valence electrons. The SMILES string of the molecule is Cc1ccccc1OCCN(C)C1CCCCC1O. The van der Waals surface area contributed by atoms with Gasteiger partial charge in [0.15, 0.2) is 0 Å². The molecule has 1 aromatic carbocycles. The maximum absolute atomic E-state index is 10.0. The average Bonchev–Trinajstić information content (AvgIpc) is 2.41. The molecule has 1 saturated carbocycles. The number of rotatable bonds is 5. The van der Waals surface area contributed by atoms with Crippen LogP contribution in [0.3, 0.4) is 0 Å². The van der Waals surface area contributed by atoms with Gasteiger partial charge in [0.25, 0.3) is 0 Å². The van der Waals surface area contributed by atoms with E-state index in [1.54, 1.807) is 0 Å². The van der Waals surface area contributed by atoms with E-state index in [2.05, 4.69) is 24.9 Å². The number of para-hydroxylation sites is 1. The fourth-order valence-corrected chi connectivity index (χ4v) is 2.79. The highest BCUT2D eigenvalue weighted by Crippen LogP contribution is 2.22. The molecule has 1 aliphatic carbocycles. The van der Waals surface area contributed by atoms with Crippen LogP contribution in [0.15, 0.2) is 24.3 Å². The van der Waals surface area contributed by atoms with E-state index in [1.165, 1.54) is 12.0 Å². The monoisotopic (exact) mass is 263 g/mol. The van der Waals surface area contributed by atoms with Crippen molar-refractivity contribution in [3.63, 3.8) is 0 Å².